The average Bonchev–Trinajstić information content (AvgIpc) is 2.92. The van der Waals surface area contributed by atoms with Crippen molar-refractivity contribution in [2.45, 2.75) is 57.1 Å². The third-order valence-electron chi connectivity index (χ3n) is 3.39. The van der Waals surface area contributed by atoms with Crippen LogP contribution in [0, 0.1) is 5.92 Å². The highest BCUT2D eigenvalue weighted by Crippen LogP contribution is 2.31. The molecule has 0 aromatic carbocycles. The standard InChI is InChI=1S/C11H21NO/c13-11-4-2-1-3-10(11)12-8-7-9-5-6-9/h9-13H,1-8H2/t10-,11-/m1/s1. The van der Waals surface area contributed by atoms with Gasteiger partial charge in [0.1, 0.15) is 0 Å². The molecule has 0 amide bonds. The van der Waals surface area contributed by atoms with Crippen molar-refractivity contribution in [1.82, 2.24) is 5.32 Å². The van der Waals surface area contributed by atoms with Gasteiger partial charge in [0.15, 0.2) is 0 Å². The molecule has 2 fully saturated rings. The fourth-order valence-corrected chi connectivity index (χ4v) is 2.23. The minimum absolute atomic E-state index is 0.0760. The minimum atomic E-state index is -0.0760. The number of aliphatic hydroxyl groups is 1. The van der Waals surface area contributed by atoms with E-state index in [9.17, 15) is 5.11 Å². The van der Waals surface area contributed by atoms with E-state index in [0.29, 0.717) is 6.04 Å². The number of hydrogen-bond acceptors (Lipinski definition) is 2. The van der Waals surface area contributed by atoms with E-state index >= 15 is 0 Å². The highest BCUT2D eigenvalue weighted by Gasteiger charge is 2.24. The second kappa shape index (κ2) is 4.43. The molecular weight excluding hydrogens is 162 g/mol. The van der Waals surface area contributed by atoms with Crippen molar-refractivity contribution in [3.05, 3.63) is 0 Å². The maximum Gasteiger partial charge on any atom is 0.0693 e. The molecule has 2 heteroatoms. The maximum absolute atomic E-state index is 9.69. The van der Waals surface area contributed by atoms with Crippen molar-refractivity contribution in [1.29, 1.82) is 0 Å². The monoisotopic (exact) mass is 183 g/mol. The van der Waals surface area contributed by atoms with Gasteiger partial charge in [-0.1, -0.05) is 25.7 Å². The largest absolute Gasteiger partial charge is 0.392 e. The van der Waals surface area contributed by atoms with E-state index in [4.69, 9.17) is 0 Å². The van der Waals surface area contributed by atoms with Gasteiger partial charge in [0, 0.05) is 6.04 Å². The molecule has 2 atom stereocenters. The lowest BCUT2D eigenvalue weighted by Gasteiger charge is -2.28. The molecule has 0 aromatic heterocycles. The van der Waals surface area contributed by atoms with Crippen molar-refractivity contribution in [3.8, 4) is 0 Å². The quantitative estimate of drug-likeness (QED) is 0.695. The Bertz CT molecular complexity index is 156. The third-order valence-corrected chi connectivity index (χ3v) is 3.39. The molecule has 0 heterocycles. The molecule has 0 aromatic rings. The molecule has 2 aliphatic rings. The van der Waals surface area contributed by atoms with Crippen LogP contribution < -0.4 is 5.32 Å². The molecule has 2 saturated carbocycles. The maximum atomic E-state index is 9.69. The zero-order chi connectivity index (χ0) is 9.10. The molecule has 0 aliphatic heterocycles. The van der Waals surface area contributed by atoms with E-state index in [1.165, 1.54) is 38.5 Å². The van der Waals surface area contributed by atoms with Crippen molar-refractivity contribution < 1.29 is 5.11 Å². The molecule has 13 heavy (non-hydrogen) atoms. The topological polar surface area (TPSA) is 32.3 Å². The van der Waals surface area contributed by atoms with Crippen molar-refractivity contribution in [3.63, 3.8) is 0 Å². The molecule has 2 N–H and O–H groups in total. The van der Waals surface area contributed by atoms with Crippen LogP contribution in [0.5, 0.6) is 0 Å². The summed E-state index contributed by atoms with van der Waals surface area (Å²) in [6.07, 6.45) is 8.80. The normalized spacial score (nSPS) is 34.8. The predicted molar refractivity (Wildman–Crippen MR) is 53.6 cm³/mol. The summed E-state index contributed by atoms with van der Waals surface area (Å²) in [5, 5.41) is 13.2. The summed E-state index contributed by atoms with van der Waals surface area (Å²) < 4.78 is 0. The second-order valence-electron chi connectivity index (χ2n) is 4.64. The van der Waals surface area contributed by atoms with Crippen molar-refractivity contribution >= 4 is 0 Å². The zero-order valence-corrected chi connectivity index (χ0v) is 8.34. The van der Waals surface area contributed by atoms with Crippen molar-refractivity contribution in [2.24, 2.45) is 5.92 Å². The Morgan fingerprint density at radius 3 is 2.54 bits per heavy atom. The highest BCUT2D eigenvalue weighted by molar-refractivity contribution is 4.81. The van der Waals surface area contributed by atoms with Crippen LogP contribution in [0.1, 0.15) is 44.9 Å². The molecule has 2 rings (SSSR count). The van der Waals surface area contributed by atoms with E-state index < -0.39 is 0 Å². The van der Waals surface area contributed by atoms with Crippen LogP contribution in [0.4, 0.5) is 0 Å². The second-order valence-corrected chi connectivity index (χ2v) is 4.64. The number of rotatable bonds is 4. The Labute approximate surface area is 80.7 Å². The molecular formula is C11H21NO. The van der Waals surface area contributed by atoms with E-state index in [1.807, 2.05) is 0 Å². The van der Waals surface area contributed by atoms with E-state index in [0.717, 1.165) is 18.9 Å². The molecule has 0 spiro atoms. The first-order valence-electron chi connectivity index (χ1n) is 5.78. The number of aliphatic hydroxyl groups excluding tert-OH is 1. The molecule has 76 valence electrons. The lowest BCUT2D eigenvalue weighted by Crippen LogP contribution is -2.42. The number of nitrogens with one attached hydrogen (secondary N) is 1. The Hall–Kier alpha value is -0.0800. The Kier molecular flexibility index (Phi) is 3.23. The van der Waals surface area contributed by atoms with E-state index in [1.54, 1.807) is 0 Å². The fraction of sp³-hybridized carbons (Fsp3) is 1.00. The van der Waals surface area contributed by atoms with Gasteiger partial charge in [-0.2, -0.15) is 0 Å². The Morgan fingerprint density at radius 1 is 1.08 bits per heavy atom. The zero-order valence-electron chi connectivity index (χ0n) is 8.34. The van der Waals surface area contributed by atoms with Crippen LogP contribution in [0.15, 0.2) is 0 Å². The first-order chi connectivity index (χ1) is 6.36. The predicted octanol–water partition coefficient (Wildman–Crippen LogP) is 1.68. The van der Waals surface area contributed by atoms with Gasteiger partial charge in [-0.25, -0.2) is 0 Å². The van der Waals surface area contributed by atoms with Crippen LogP contribution in [0.3, 0.4) is 0 Å². The van der Waals surface area contributed by atoms with Gasteiger partial charge >= 0.3 is 0 Å². The van der Waals surface area contributed by atoms with E-state index in [2.05, 4.69) is 5.32 Å². The van der Waals surface area contributed by atoms with Crippen LogP contribution in [-0.4, -0.2) is 23.8 Å². The third kappa shape index (κ3) is 2.96. The first kappa shape index (κ1) is 9.47. The lowest BCUT2D eigenvalue weighted by molar-refractivity contribution is 0.0908. The van der Waals surface area contributed by atoms with Crippen molar-refractivity contribution in [2.75, 3.05) is 6.54 Å². The molecule has 2 nitrogen and oxygen atoms in total. The van der Waals surface area contributed by atoms with Crippen LogP contribution in [0.2, 0.25) is 0 Å². The summed E-state index contributed by atoms with van der Waals surface area (Å²) in [5.74, 6) is 1.01. The van der Waals surface area contributed by atoms with E-state index in [-0.39, 0.29) is 6.10 Å². The van der Waals surface area contributed by atoms with Gasteiger partial charge in [-0.3, -0.25) is 0 Å². The summed E-state index contributed by atoms with van der Waals surface area (Å²) in [5.41, 5.74) is 0. The molecule has 0 saturated heterocycles. The van der Waals surface area contributed by atoms with Gasteiger partial charge in [0.25, 0.3) is 0 Å². The lowest BCUT2D eigenvalue weighted by atomic mass is 9.92. The smallest absolute Gasteiger partial charge is 0.0693 e. The summed E-state index contributed by atoms with van der Waals surface area (Å²) >= 11 is 0. The SMILES string of the molecule is O[C@@H]1CCCC[C@H]1NCCC1CC1. The number of hydrogen-bond donors (Lipinski definition) is 2. The first-order valence-corrected chi connectivity index (χ1v) is 5.78. The van der Waals surface area contributed by atoms with Gasteiger partial charge in [0.05, 0.1) is 6.10 Å². The summed E-state index contributed by atoms with van der Waals surface area (Å²) in [6.45, 7) is 1.12. The molecule has 2 aliphatic carbocycles. The Balaban J connectivity index is 1.60. The van der Waals surface area contributed by atoms with Gasteiger partial charge in [-0.05, 0) is 31.7 Å². The molecule has 0 radical (unpaired) electrons. The Morgan fingerprint density at radius 2 is 1.85 bits per heavy atom. The molecule has 0 bridgehead atoms. The van der Waals surface area contributed by atoms with Gasteiger partial charge < -0.3 is 10.4 Å². The van der Waals surface area contributed by atoms with Gasteiger partial charge in [0.2, 0.25) is 0 Å². The van der Waals surface area contributed by atoms with Crippen LogP contribution in [0.25, 0.3) is 0 Å². The van der Waals surface area contributed by atoms with Gasteiger partial charge in [-0.15, -0.1) is 0 Å². The molecule has 0 unspecified atom stereocenters. The van der Waals surface area contributed by atoms with Crippen LogP contribution in [-0.2, 0) is 0 Å². The summed E-state index contributed by atoms with van der Waals surface area (Å²) in [4.78, 5) is 0. The average molecular weight is 183 g/mol. The van der Waals surface area contributed by atoms with Crippen LogP contribution >= 0.6 is 0 Å². The minimum Gasteiger partial charge on any atom is -0.392 e. The highest BCUT2D eigenvalue weighted by atomic mass is 16.3. The fourth-order valence-electron chi connectivity index (χ4n) is 2.23. The summed E-state index contributed by atoms with van der Waals surface area (Å²) in [6, 6.07) is 0.396. The summed E-state index contributed by atoms with van der Waals surface area (Å²) in [7, 11) is 0.